The highest BCUT2D eigenvalue weighted by Crippen LogP contribution is 2.65. The molecule has 1 aromatic rings. The Bertz CT molecular complexity index is 1430. The molecule has 0 aromatic heterocycles. The van der Waals surface area contributed by atoms with E-state index in [2.05, 4.69) is 4.90 Å². The van der Waals surface area contributed by atoms with Crippen molar-refractivity contribution in [2.45, 2.75) is 73.7 Å². The molecular weight excluding hydrogens is 615 g/mol. The quantitative estimate of drug-likeness (QED) is 0.213. The number of benzene rings is 1. The monoisotopic (exact) mass is 645 g/mol. The number of ether oxygens (including phenoxy) is 4. The summed E-state index contributed by atoms with van der Waals surface area (Å²) in [6.07, 6.45) is -9.68. The van der Waals surface area contributed by atoms with E-state index in [1.807, 2.05) is 13.1 Å². The molecule has 2 aliphatic carbocycles. The molecular formula is C28H30F3NO13. The van der Waals surface area contributed by atoms with E-state index in [0.717, 1.165) is 11.1 Å². The van der Waals surface area contributed by atoms with E-state index < -0.39 is 78.5 Å². The zero-order valence-corrected chi connectivity index (χ0v) is 23.9. The minimum atomic E-state index is -4.64. The maximum atomic E-state index is 12.9. The molecule has 6 atom stereocenters. The Labute approximate surface area is 252 Å². The Morgan fingerprint density at radius 3 is 2.40 bits per heavy atom. The summed E-state index contributed by atoms with van der Waals surface area (Å²) in [5, 5.41) is 39.6. The number of likely N-dealkylation sites (N-methyl/N-ethyl adjacent to an activating group) is 1. The van der Waals surface area contributed by atoms with Gasteiger partial charge in [0.2, 0.25) is 12.4 Å². The van der Waals surface area contributed by atoms with Crippen LogP contribution in [0, 0.1) is 0 Å². The van der Waals surface area contributed by atoms with Crippen LogP contribution in [0.25, 0.3) is 0 Å². The second kappa shape index (κ2) is 12.3. The number of halogens is 3. The molecule has 1 aromatic carbocycles. The topological polar surface area (TPSA) is 206 Å². The standard InChI is InChI=1S/C26H29NO12.C2HF3O/c1-27-8-7-25-20-12-3-4-14(36-2)21(20)39-22(25)15(5-6-26(25,35)17(27)9-12)37-19(30)11-16(24(33)34)38-18(29)10-13(28)23(31)32;3-2(4,5)1-6/h3-5,13,16-17,22,28,35H,6-11H2,1-2H3,(H,31,32)(H,33,34);1H/t13-,16-,17+,22-,25-,26+;/m0./s1. The van der Waals surface area contributed by atoms with Gasteiger partial charge in [-0.1, -0.05) is 6.07 Å². The average Bonchev–Trinajstić information content (AvgIpc) is 3.32. The summed E-state index contributed by atoms with van der Waals surface area (Å²) in [7, 11) is 3.46. The molecule has 246 valence electrons. The van der Waals surface area contributed by atoms with Crippen LogP contribution in [-0.2, 0) is 45.3 Å². The van der Waals surface area contributed by atoms with Crippen molar-refractivity contribution >= 4 is 30.2 Å². The molecule has 4 N–H and O–H groups in total. The lowest BCUT2D eigenvalue weighted by Gasteiger charge is -2.61. The molecule has 2 heterocycles. The Morgan fingerprint density at radius 1 is 1.16 bits per heavy atom. The first-order chi connectivity index (χ1) is 21.0. The fourth-order valence-electron chi connectivity index (χ4n) is 6.54. The molecule has 0 unspecified atom stereocenters. The Balaban J connectivity index is 0.000000700. The van der Waals surface area contributed by atoms with Gasteiger partial charge in [-0.15, -0.1) is 0 Å². The predicted molar refractivity (Wildman–Crippen MR) is 140 cm³/mol. The summed E-state index contributed by atoms with van der Waals surface area (Å²) >= 11 is 0. The first-order valence-corrected chi connectivity index (χ1v) is 13.6. The van der Waals surface area contributed by atoms with Crippen LogP contribution in [0.2, 0.25) is 0 Å². The summed E-state index contributed by atoms with van der Waals surface area (Å²) in [5.41, 5.74) is -0.328. The number of likely N-dealkylation sites (tertiary alicyclic amines) is 1. The van der Waals surface area contributed by atoms with Crippen LogP contribution < -0.4 is 9.47 Å². The largest absolute Gasteiger partial charge is 0.493 e. The van der Waals surface area contributed by atoms with Crippen LogP contribution in [0.5, 0.6) is 11.5 Å². The van der Waals surface area contributed by atoms with Crippen molar-refractivity contribution in [3.8, 4) is 11.5 Å². The predicted octanol–water partition coefficient (Wildman–Crippen LogP) is 0.486. The maximum absolute atomic E-state index is 12.9. The van der Waals surface area contributed by atoms with Crippen LogP contribution in [0.4, 0.5) is 13.2 Å². The van der Waals surface area contributed by atoms with Gasteiger partial charge >= 0.3 is 30.1 Å². The summed E-state index contributed by atoms with van der Waals surface area (Å²) in [5.74, 6) is -4.62. The molecule has 2 aliphatic heterocycles. The van der Waals surface area contributed by atoms with Gasteiger partial charge in [0.25, 0.3) is 0 Å². The van der Waals surface area contributed by atoms with E-state index in [9.17, 15) is 47.7 Å². The van der Waals surface area contributed by atoms with Gasteiger partial charge in [-0.2, -0.15) is 13.2 Å². The van der Waals surface area contributed by atoms with Gasteiger partial charge < -0.3 is 44.3 Å². The number of rotatable bonds is 9. The average molecular weight is 646 g/mol. The third-order valence-corrected chi connectivity index (χ3v) is 8.47. The number of alkyl halides is 3. The molecule has 1 saturated heterocycles. The number of methoxy groups -OCH3 is 1. The summed E-state index contributed by atoms with van der Waals surface area (Å²) in [6.45, 7) is 0.656. The number of esters is 2. The normalized spacial score (nSPS) is 27.2. The van der Waals surface area contributed by atoms with Crippen molar-refractivity contribution in [2.75, 3.05) is 20.7 Å². The lowest BCUT2D eigenvalue weighted by Crippen LogP contribution is -2.74. The number of carbonyl (C=O) groups is 5. The van der Waals surface area contributed by atoms with E-state index in [4.69, 9.17) is 28.8 Å². The van der Waals surface area contributed by atoms with Crippen molar-refractivity contribution in [1.82, 2.24) is 4.90 Å². The fraction of sp³-hybridized carbons (Fsp3) is 0.536. The first-order valence-electron chi connectivity index (χ1n) is 13.6. The molecule has 0 saturated carbocycles. The van der Waals surface area contributed by atoms with Crippen molar-refractivity contribution in [2.24, 2.45) is 0 Å². The second-order valence-electron chi connectivity index (χ2n) is 11.0. The lowest BCUT2D eigenvalue weighted by atomic mass is 9.50. The number of piperidine rings is 1. The minimum absolute atomic E-state index is 0.107. The number of carbonyl (C=O) groups excluding carboxylic acids is 3. The number of hydrogen-bond donors (Lipinski definition) is 4. The Hall–Kier alpha value is -4.22. The Kier molecular flexibility index (Phi) is 9.19. The molecule has 17 heteroatoms. The highest BCUT2D eigenvalue weighted by Gasteiger charge is 2.72. The molecule has 1 fully saturated rings. The van der Waals surface area contributed by atoms with Crippen molar-refractivity contribution < 1.29 is 76.5 Å². The van der Waals surface area contributed by atoms with Crippen LogP contribution in [0.1, 0.15) is 36.8 Å². The number of carboxylic acids is 2. The van der Waals surface area contributed by atoms with Crippen LogP contribution in [0.3, 0.4) is 0 Å². The lowest BCUT2D eigenvalue weighted by molar-refractivity contribution is -0.174. The highest BCUT2D eigenvalue weighted by molar-refractivity contribution is 5.85. The van der Waals surface area contributed by atoms with Gasteiger partial charge in [-0.25, -0.2) is 9.59 Å². The first kappa shape index (κ1) is 33.7. The third-order valence-electron chi connectivity index (χ3n) is 8.47. The molecule has 45 heavy (non-hydrogen) atoms. The fourth-order valence-corrected chi connectivity index (χ4v) is 6.54. The maximum Gasteiger partial charge on any atom is 0.446 e. The summed E-state index contributed by atoms with van der Waals surface area (Å²) in [4.78, 5) is 58.0. The van der Waals surface area contributed by atoms with E-state index >= 15 is 0 Å². The number of aldehydes is 1. The zero-order valence-electron chi connectivity index (χ0n) is 23.9. The van der Waals surface area contributed by atoms with Gasteiger partial charge in [0.1, 0.15) is 5.76 Å². The van der Waals surface area contributed by atoms with E-state index in [-0.39, 0.29) is 18.2 Å². The molecule has 0 radical (unpaired) electrons. The van der Waals surface area contributed by atoms with Gasteiger partial charge in [-0.05, 0) is 44.1 Å². The van der Waals surface area contributed by atoms with E-state index in [1.54, 1.807) is 12.1 Å². The second-order valence-corrected chi connectivity index (χ2v) is 11.0. The highest BCUT2D eigenvalue weighted by atomic mass is 19.4. The third kappa shape index (κ3) is 6.06. The van der Waals surface area contributed by atoms with Gasteiger partial charge in [0, 0.05) is 18.0 Å². The Morgan fingerprint density at radius 2 is 1.82 bits per heavy atom. The van der Waals surface area contributed by atoms with Crippen molar-refractivity contribution in [3.63, 3.8) is 0 Å². The van der Waals surface area contributed by atoms with Gasteiger partial charge in [0.15, 0.2) is 23.7 Å². The molecule has 0 amide bonds. The number of aliphatic hydroxyl groups excluding tert-OH is 1. The minimum Gasteiger partial charge on any atom is -0.493 e. The van der Waals surface area contributed by atoms with Crippen LogP contribution in [-0.4, -0.2) is 112 Å². The van der Waals surface area contributed by atoms with E-state index in [0.29, 0.717) is 30.9 Å². The number of nitrogens with zero attached hydrogens (tertiary/aromatic N) is 1. The van der Waals surface area contributed by atoms with Gasteiger partial charge in [-0.3, -0.25) is 14.4 Å². The van der Waals surface area contributed by atoms with Crippen LogP contribution in [0.15, 0.2) is 24.0 Å². The molecule has 5 rings (SSSR count). The molecule has 4 aliphatic rings. The number of aliphatic hydroxyl groups is 2. The number of hydrogen-bond acceptors (Lipinski definition) is 12. The van der Waals surface area contributed by atoms with Crippen LogP contribution >= 0.6 is 0 Å². The SMILES string of the molecule is COc1ccc2c3c1O[C@H]1C(OC(=O)C[C@H](OC(=O)C[C@H](O)C(=O)O)C(=O)O)=CC[C@@]4(O)[C@@H](C2)N(C)CC[C@]314.O=CC(F)(F)F. The van der Waals surface area contributed by atoms with Gasteiger partial charge in [0.05, 0.1) is 31.0 Å². The molecule has 1 spiro atoms. The number of carboxylic acid groups (broad SMARTS) is 2. The smallest absolute Gasteiger partial charge is 0.446 e. The molecule has 14 nitrogen and oxygen atoms in total. The molecule has 2 bridgehead atoms. The van der Waals surface area contributed by atoms with Crippen molar-refractivity contribution in [3.05, 3.63) is 35.1 Å². The number of aliphatic carboxylic acids is 2. The van der Waals surface area contributed by atoms with E-state index in [1.165, 1.54) is 7.11 Å². The zero-order chi connectivity index (χ0) is 33.5. The summed E-state index contributed by atoms with van der Waals surface area (Å²) in [6, 6.07) is 3.54. The summed E-state index contributed by atoms with van der Waals surface area (Å²) < 4.78 is 53.5. The van der Waals surface area contributed by atoms with Crippen molar-refractivity contribution in [1.29, 1.82) is 0 Å².